The summed E-state index contributed by atoms with van der Waals surface area (Å²) in [7, 11) is 4.03. The van der Waals surface area contributed by atoms with E-state index in [1.807, 2.05) is 80.8 Å². The van der Waals surface area contributed by atoms with Gasteiger partial charge in [0, 0.05) is 13.1 Å². The van der Waals surface area contributed by atoms with Crippen molar-refractivity contribution < 1.29 is 14.3 Å². The fourth-order valence-electron chi connectivity index (χ4n) is 2.13. The zero-order chi connectivity index (χ0) is 18.6. The molecule has 138 valence electrons. The lowest BCUT2D eigenvalue weighted by Crippen LogP contribution is -2.24. The minimum Gasteiger partial charge on any atom is -0.492 e. The van der Waals surface area contributed by atoms with Gasteiger partial charge >= 0.3 is 6.09 Å². The van der Waals surface area contributed by atoms with Gasteiger partial charge < -0.3 is 19.7 Å². The molecule has 0 spiro atoms. The number of benzene rings is 2. The van der Waals surface area contributed by atoms with Crippen LogP contribution in [0, 0.1) is 0 Å². The van der Waals surface area contributed by atoms with Crippen molar-refractivity contribution in [2.24, 2.45) is 0 Å². The Kier molecular flexibility index (Phi) is 8.23. The third-order valence-corrected chi connectivity index (χ3v) is 3.57. The summed E-state index contributed by atoms with van der Waals surface area (Å²) in [5.41, 5.74) is 2.01. The Hall–Kier alpha value is -2.79. The van der Waals surface area contributed by atoms with E-state index in [1.165, 1.54) is 0 Å². The summed E-state index contributed by atoms with van der Waals surface area (Å²) in [4.78, 5) is 13.7. The Morgan fingerprint density at radius 3 is 2.50 bits per heavy atom. The minimum absolute atomic E-state index is 0.270. The lowest BCUT2D eigenvalue weighted by molar-refractivity contribution is 0.141. The van der Waals surface area contributed by atoms with Gasteiger partial charge in [-0.3, -0.25) is 0 Å². The second-order valence-electron chi connectivity index (χ2n) is 6.07. The van der Waals surface area contributed by atoms with E-state index >= 15 is 0 Å². The molecule has 5 heteroatoms. The Balaban J connectivity index is 1.65. The Bertz CT molecular complexity index is 682. The molecule has 1 amide bonds. The largest absolute Gasteiger partial charge is 0.492 e. The molecule has 0 bridgehead atoms. The van der Waals surface area contributed by atoms with E-state index in [9.17, 15) is 4.79 Å². The summed E-state index contributed by atoms with van der Waals surface area (Å²) >= 11 is 0. The number of amides is 1. The molecule has 5 nitrogen and oxygen atoms in total. The van der Waals surface area contributed by atoms with Crippen molar-refractivity contribution >= 4 is 12.2 Å². The molecule has 0 aliphatic rings. The first-order valence-electron chi connectivity index (χ1n) is 8.62. The summed E-state index contributed by atoms with van der Waals surface area (Å²) in [5, 5.41) is 2.70. The molecule has 0 atom stereocenters. The molecule has 0 unspecified atom stereocenters. The Morgan fingerprint density at radius 1 is 1.08 bits per heavy atom. The van der Waals surface area contributed by atoms with Crippen LogP contribution in [0.3, 0.4) is 0 Å². The molecule has 2 rings (SSSR count). The summed E-state index contributed by atoms with van der Waals surface area (Å²) < 4.78 is 10.8. The maximum Gasteiger partial charge on any atom is 0.407 e. The van der Waals surface area contributed by atoms with Crippen LogP contribution in [0.1, 0.15) is 11.1 Å². The molecule has 2 aromatic carbocycles. The number of hydrogen-bond acceptors (Lipinski definition) is 4. The predicted octanol–water partition coefficient (Wildman–Crippen LogP) is 3.57. The van der Waals surface area contributed by atoms with Crippen molar-refractivity contribution in [1.82, 2.24) is 10.2 Å². The first-order valence-corrected chi connectivity index (χ1v) is 8.62. The third kappa shape index (κ3) is 7.85. The van der Waals surface area contributed by atoms with E-state index in [0.717, 1.165) is 23.4 Å². The first kappa shape index (κ1) is 19.5. The van der Waals surface area contributed by atoms with E-state index < -0.39 is 6.09 Å². The maximum absolute atomic E-state index is 11.6. The number of carbonyl (C=O) groups excluding carboxylic acids is 1. The molecular formula is C21H26N2O3. The van der Waals surface area contributed by atoms with Crippen molar-refractivity contribution in [2.45, 2.75) is 6.61 Å². The summed E-state index contributed by atoms with van der Waals surface area (Å²) in [6.45, 7) is 2.23. The molecule has 26 heavy (non-hydrogen) atoms. The molecule has 1 N–H and O–H groups in total. The van der Waals surface area contributed by atoms with Crippen LogP contribution < -0.4 is 10.1 Å². The molecule has 0 aliphatic heterocycles. The third-order valence-electron chi connectivity index (χ3n) is 3.57. The topological polar surface area (TPSA) is 50.8 Å². The smallest absolute Gasteiger partial charge is 0.407 e. The average molecular weight is 354 g/mol. The van der Waals surface area contributed by atoms with Crippen LogP contribution in [-0.2, 0) is 11.3 Å². The lowest BCUT2D eigenvalue weighted by atomic mass is 10.2. The number of hydrogen-bond donors (Lipinski definition) is 1. The molecule has 0 saturated heterocycles. The molecule has 0 aliphatic carbocycles. The molecular weight excluding hydrogens is 328 g/mol. The Morgan fingerprint density at radius 2 is 1.81 bits per heavy atom. The van der Waals surface area contributed by atoms with Crippen molar-refractivity contribution in [2.75, 3.05) is 33.8 Å². The van der Waals surface area contributed by atoms with Crippen LogP contribution in [0.5, 0.6) is 5.75 Å². The van der Waals surface area contributed by atoms with Crippen LogP contribution in [-0.4, -0.2) is 44.8 Å². The van der Waals surface area contributed by atoms with Crippen molar-refractivity contribution in [3.05, 3.63) is 71.8 Å². The summed E-state index contributed by atoms with van der Waals surface area (Å²) in [5.74, 6) is 0.853. The first-order chi connectivity index (χ1) is 12.6. The molecule has 0 radical (unpaired) electrons. The number of nitrogens with zero attached hydrogens (tertiary/aromatic N) is 1. The number of ether oxygens (including phenoxy) is 2. The highest BCUT2D eigenvalue weighted by molar-refractivity contribution is 5.67. The number of likely N-dealkylation sites (N-methyl/N-ethyl adjacent to an activating group) is 1. The van der Waals surface area contributed by atoms with Gasteiger partial charge in [0.1, 0.15) is 19.0 Å². The van der Waals surface area contributed by atoms with Gasteiger partial charge in [-0.05, 0) is 37.4 Å². The van der Waals surface area contributed by atoms with Crippen molar-refractivity contribution in [1.29, 1.82) is 0 Å². The number of rotatable bonds is 9. The molecule has 2 aromatic rings. The quantitative estimate of drug-likeness (QED) is 0.748. The van der Waals surface area contributed by atoms with E-state index in [4.69, 9.17) is 9.47 Å². The SMILES string of the molecule is CN(C)CCOc1ccc(C=CCNC(=O)OCc2ccccc2)cc1. The van der Waals surface area contributed by atoms with E-state index in [-0.39, 0.29) is 6.61 Å². The van der Waals surface area contributed by atoms with Gasteiger partial charge in [0.05, 0.1) is 0 Å². The highest BCUT2D eigenvalue weighted by atomic mass is 16.5. The fourth-order valence-corrected chi connectivity index (χ4v) is 2.13. The molecule has 0 aromatic heterocycles. The number of carbonyl (C=O) groups is 1. The zero-order valence-electron chi connectivity index (χ0n) is 15.4. The van der Waals surface area contributed by atoms with Gasteiger partial charge in [0.25, 0.3) is 0 Å². The van der Waals surface area contributed by atoms with E-state index in [0.29, 0.717) is 13.2 Å². The highest BCUT2D eigenvalue weighted by Gasteiger charge is 2.00. The van der Waals surface area contributed by atoms with Crippen LogP contribution in [0.2, 0.25) is 0 Å². The fraction of sp³-hybridized carbons (Fsp3) is 0.286. The van der Waals surface area contributed by atoms with Crippen LogP contribution >= 0.6 is 0 Å². The minimum atomic E-state index is -0.428. The van der Waals surface area contributed by atoms with Gasteiger partial charge in [-0.25, -0.2) is 4.79 Å². The second-order valence-corrected chi connectivity index (χ2v) is 6.07. The molecule has 0 heterocycles. The van der Waals surface area contributed by atoms with Crippen LogP contribution in [0.15, 0.2) is 60.7 Å². The normalized spacial score (nSPS) is 10.9. The van der Waals surface area contributed by atoms with Crippen LogP contribution in [0.25, 0.3) is 6.08 Å². The van der Waals surface area contributed by atoms with Gasteiger partial charge in [-0.2, -0.15) is 0 Å². The predicted molar refractivity (Wildman–Crippen MR) is 104 cm³/mol. The number of nitrogens with one attached hydrogen (secondary N) is 1. The zero-order valence-corrected chi connectivity index (χ0v) is 15.4. The van der Waals surface area contributed by atoms with Gasteiger partial charge in [-0.1, -0.05) is 54.6 Å². The molecule has 0 fully saturated rings. The second kappa shape index (κ2) is 10.9. The summed E-state index contributed by atoms with van der Waals surface area (Å²) in [6.07, 6.45) is 3.40. The maximum atomic E-state index is 11.6. The van der Waals surface area contributed by atoms with Crippen molar-refractivity contribution in [3.63, 3.8) is 0 Å². The average Bonchev–Trinajstić information content (AvgIpc) is 2.65. The van der Waals surface area contributed by atoms with Gasteiger partial charge in [0.2, 0.25) is 0 Å². The Labute approximate surface area is 155 Å². The van der Waals surface area contributed by atoms with Gasteiger partial charge in [0.15, 0.2) is 0 Å². The highest BCUT2D eigenvalue weighted by Crippen LogP contribution is 2.13. The summed E-state index contributed by atoms with van der Waals surface area (Å²) in [6, 6.07) is 17.4. The molecule has 0 saturated carbocycles. The van der Waals surface area contributed by atoms with Crippen molar-refractivity contribution in [3.8, 4) is 5.75 Å². The standard InChI is InChI=1S/C21H26N2O3/c1-23(2)15-16-25-20-12-10-18(11-13-20)9-6-14-22-21(24)26-17-19-7-4-3-5-8-19/h3-13H,14-17H2,1-2H3,(H,22,24). The van der Waals surface area contributed by atoms with Gasteiger partial charge in [-0.15, -0.1) is 0 Å². The van der Waals surface area contributed by atoms with E-state index in [2.05, 4.69) is 10.2 Å². The van der Waals surface area contributed by atoms with E-state index in [1.54, 1.807) is 0 Å². The lowest BCUT2D eigenvalue weighted by Gasteiger charge is -2.10. The monoisotopic (exact) mass is 354 g/mol. The number of alkyl carbamates (subject to hydrolysis) is 1. The van der Waals surface area contributed by atoms with Crippen LogP contribution in [0.4, 0.5) is 4.79 Å².